The van der Waals surface area contributed by atoms with E-state index in [1.54, 1.807) is 14.2 Å². The molecule has 4 nitrogen and oxygen atoms in total. The number of benzene rings is 2. The van der Waals surface area contributed by atoms with Crippen LogP contribution in [-0.4, -0.2) is 28.3 Å². The van der Waals surface area contributed by atoms with Crippen LogP contribution in [0.25, 0.3) is 0 Å². The SMILES string of the molecule is COc1ccc(CNc2ccccc2N(C)C)cc1OC. The van der Waals surface area contributed by atoms with Gasteiger partial charge >= 0.3 is 0 Å². The molecule has 112 valence electrons. The fraction of sp³-hybridized carbons (Fsp3) is 0.294. The van der Waals surface area contributed by atoms with Crippen LogP contribution >= 0.6 is 0 Å². The molecule has 0 aromatic heterocycles. The van der Waals surface area contributed by atoms with E-state index in [1.165, 1.54) is 0 Å². The normalized spacial score (nSPS) is 10.1. The van der Waals surface area contributed by atoms with E-state index in [2.05, 4.69) is 22.3 Å². The maximum Gasteiger partial charge on any atom is 0.161 e. The van der Waals surface area contributed by atoms with Crippen LogP contribution in [0, 0.1) is 0 Å². The molecule has 0 saturated heterocycles. The molecule has 0 bridgehead atoms. The van der Waals surface area contributed by atoms with Crippen LogP contribution in [-0.2, 0) is 6.54 Å². The van der Waals surface area contributed by atoms with Crippen molar-refractivity contribution in [2.45, 2.75) is 6.54 Å². The summed E-state index contributed by atoms with van der Waals surface area (Å²) in [6.45, 7) is 0.727. The van der Waals surface area contributed by atoms with Gasteiger partial charge in [-0.2, -0.15) is 0 Å². The lowest BCUT2D eigenvalue weighted by molar-refractivity contribution is 0.354. The van der Waals surface area contributed by atoms with E-state index in [1.807, 2.05) is 44.4 Å². The highest BCUT2D eigenvalue weighted by atomic mass is 16.5. The lowest BCUT2D eigenvalue weighted by atomic mass is 10.2. The summed E-state index contributed by atoms with van der Waals surface area (Å²) in [5.41, 5.74) is 3.41. The number of nitrogens with one attached hydrogen (secondary N) is 1. The molecule has 2 rings (SSSR count). The number of nitrogens with zero attached hydrogens (tertiary/aromatic N) is 1. The van der Waals surface area contributed by atoms with Crippen molar-refractivity contribution in [3.8, 4) is 11.5 Å². The Labute approximate surface area is 126 Å². The van der Waals surface area contributed by atoms with Crippen molar-refractivity contribution in [3.05, 3.63) is 48.0 Å². The summed E-state index contributed by atoms with van der Waals surface area (Å²) in [6.07, 6.45) is 0. The standard InChI is InChI=1S/C17H22N2O2/c1-19(2)15-8-6-5-7-14(15)18-12-13-9-10-16(20-3)17(11-13)21-4/h5-11,18H,12H2,1-4H3. The van der Waals surface area contributed by atoms with Crippen molar-refractivity contribution in [2.75, 3.05) is 38.5 Å². The molecular weight excluding hydrogens is 264 g/mol. The molecule has 0 aliphatic rings. The Balaban J connectivity index is 2.13. The zero-order valence-electron chi connectivity index (χ0n) is 13.0. The van der Waals surface area contributed by atoms with Crippen LogP contribution in [0.2, 0.25) is 0 Å². The van der Waals surface area contributed by atoms with Gasteiger partial charge in [-0.15, -0.1) is 0 Å². The van der Waals surface area contributed by atoms with Crippen molar-refractivity contribution in [1.29, 1.82) is 0 Å². The van der Waals surface area contributed by atoms with Crippen LogP contribution in [0.15, 0.2) is 42.5 Å². The first-order valence-electron chi connectivity index (χ1n) is 6.87. The minimum Gasteiger partial charge on any atom is -0.493 e. The van der Waals surface area contributed by atoms with Crippen molar-refractivity contribution in [1.82, 2.24) is 0 Å². The molecule has 1 N–H and O–H groups in total. The van der Waals surface area contributed by atoms with Gasteiger partial charge in [-0.05, 0) is 29.8 Å². The smallest absolute Gasteiger partial charge is 0.161 e. The van der Waals surface area contributed by atoms with Crippen LogP contribution in [0.3, 0.4) is 0 Å². The molecule has 0 unspecified atom stereocenters. The molecule has 0 amide bonds. The second-order valence-electron chi connectivity index (χ2n) is 4.95. The van der Waals surface area contributed by atoms with Gasteiger partial charge in [-0.1, -0.05) is 18.2 Å². The van der Waals surface area contributed by atoms with Gasteiger partial charge in [0.1, 0.15) is 0 Å². The number of hydrogen-bond acceptors (Lipinski definition) is 4. The highest BCUT2D eigenvalue weighted by Gasteiger charge is 2.06. The fourth-order valence-electron chi connectivity index (χ4n) is 2.20. The largest absolute Gasteiger partial charge is 0.493 e. The number of anilines is 2. The Hall–Kier alpha value is -2.36. The highest BCUT2D eigenvalue weighted by molar-refractivity contribution is 5.69. The number of methoxy groups -OCH3 is 2. The Morgan fingerprint density at radius 1 is 0.952 bits per heavy atom. The second-order valence-corrected chi connectivity index (χ2v) is 4.95. The van der Waals surface area contributed by atoms with E-state index in [0.717, 1.165) is 35.0 Å². The number of rotatable bonds is 6. The van der Waals surface area contributed by atoms with Gasteiger partial charge < -0.3 is 19.7 Å². The van der Waals surface area contributed by atoms with Gasteiger partial charge in [-0.25, -0.2) is 0 Å². The van der Waals surface area contributed by atoms with Crippen LogP contribution < -0.4 is 19.7 Å². The zero-order valence-corrected chi connectivity index (χ0v) is 13.0. The number of hydrogen-bond donors (Lipinski definition) is 1. The second kappa shape index (κ2) is 6.88. The Bertz CT molecular complexity index is 597. The molecule has 0 aliphatic heterocycles. The van der Waals surface area contributed by atoms with Crippen molar-refractivity contribution < 1.29 is 9.47 Å². The molecule has 0 radical (unpaired) electrons. The minimum atomic E-state index is 0.727. The maximum atomic E-state index is 5.33. The fourth-order valence-corrected chi connectivity index (χ4v) is 2.20. The minimum absolute atomic E-state index is 0.727. The van der Waals surface area contributed by atoms with Crippen LogP contribution in [0.5, 0.6) is 11.5 Å². The van der Waals surface area contributed by atoms with Crippen LogP contribution in [0.4, 0.5) is 11.4 Å². The first-order valence-corrected chi connectivity index (χ1v) is 6.87. The van der Waals surface area contributed by atoms with Gasteiger partial charge in [0.05, 0.1) is 25.6 Å². The molecule has 0 spiro atoms. The van der Waals surface area contributed by atoms with E-state index in [9.17, 15) is 0 Å². The van der Waals surface area contributed by atoms with Crippen molar-refractivity contribution >= 4 is 11.4 Å². The molecule has 21 heavy (non-hydrogen) atoms. The van der Waals surface area contributed by atoms with Gasteiger partial charge in [-0.3, -0.25) is 0 Å². The number of para-hydroxylation sites is 2. The molecule has 0 fully saturated rings. The predicted octanol–water partition coefficient (Wildman–Crippen LogP) is 3.38. The van der Waals surface area contributed by atoms with Gasteiger partial charge in [0.25, 0.3) is 0 Å². The first kappa shape index (κ1) is 15.0. The monoisotopic (exact) mass is 286 g/mol. The highest BCUT2D eigenvalue weighted by Crippen LogP contribution is 2.29. The summed E-state index contributed by atoms with van der Waals surface area (Å²) >= 11 is 0. The summed E-state index contributed by atoms with van der Waals surface area (Å²) in [5, 5.41) is 3.46. The number of ether oxygens (including phenoxy) is 2. The van der Waals surface area contributed by atoms with Crippen molar-refractivity contribution in [3.63, 3.8) is 0 Å². The van der Waals surface area contributed by atoms with E-state index in [0.29, 0.717) is 0 Å². The molecule has 0 atom stereocenters. The summed E-state index contributed by atoms with van der Waals surface area (Å²) in [4.78, 5) is 2.09. The van der Waals surface area contributed by atoms with Gasteiger partial charge in [0.15, 0.2) is 11.5 Å². The topological polar surface area (TPSA) is 33.7 Å². The third-order valence-corrected chi connectivity index (χ3v) is 3.32. The lowest BCUT2D eigenvalue weighted by Gasteiger charge is -2.18. The molecule has 0 aliphatic carbocycles. The van der Waals surface area contributed by atoms with E-state index in [-0.39, 0.29) is 0 Å². The third-order valence-electron chi connectivity index (χ3n) is 3.32. The average Bonchev–Trinajstić information content (AvgIpc) is 2.52. The summed E-state index contributed by atoms with van der Waals surface area (Å²) in [7, 11) is 7.37. The molecule has 2 aromatic rings. The summed E-state index contributed by atoms with van der Waals surface area (Å²) in [5.74, 6) is 1.49. The molecular formula is C17H22N2O2. The first-order chi connectivity index (χ1) is 10.2. The van der Waals surface area contributed by atoms with E-state index in [4.69, 9.17) is 9.47 Å². The summed E-state index contributed by atoms with van der Waals surface area (Å²) < 4.78 is 10.6. The van der Waals surface area contributed by atoms with E-state index >= 15 is 0 Å². The lowest BCUT2D eigenvalue weighted by Crippen LogP contribution is -2.12. The van der Waals surface area contributed by atoms with Crippen LogP contribution in [0.1, 0.15) is 5.56 Å². The molecule has 4 heteroatoms. The molecule has 0 saturated carbocycles. The quantitative estimate of drug-likeness (QED) is 0.882. The zero-order chi connectivity index (χ0) is 15.2. The van der Waals surface area contributed by atoms with E-state index < -0.39 is 0 Å². The Morgan fingerprint density at radius 3 is 2.33 bits per heavy atom. The van der Waals surface area contributed by atoms with Crippen molar-refractivity contribution in [2.24, 2.45) is 0 Å². The average molecular weight is 286 g/mol. The molecule has 2 aromatic carbocycles. The third kappa shape index (κ3) is 3.60. The summed E-state index contributed by atoms with van der Waals surface area (Å²) in [6, 6.07) is 14.2. The maximum absolute atomic E-state index is 5.33. The Morgan fingerprint density at radius 2 is 1.67 bits per heavy atom. The van der Waals surface area contributed by atoms with Gasteiger partial charge in [0.2, 0.25) is 0 Å². The Kier molecular flexibility index (Phi) is 4.93. The molecule has 0 heterocycles. The predicted molar refractivity (Wildman–Crippen MR) is 87.6 cm³/mol. The van der Waals surface area contributed by atoms with Gasteiger partial charge in [0, 0.05) is 20.6 Å².